The van der Waals surface area contributed by atoms with Crippen LogP contribution in [-0.4, -0.2) is 80.8 Å². The van der Waals surface area contributed by atoms with Gasteiger partial charge in [-0.25, -0.2) is 4.79 Å². The molecule has 2 bridgehead atoms. The monoisotopic (exact) mass is 412 g/mol. The number of benzene rings is 1. The molecule has 5 fully saturated rings. The number of rotatable bonds is 2. The average Bonchev–Trinajstić information content (AvgIpc) is 2.71. The Morgan fingerprint density at radius 1 is 0.967 bits per heavy atom. The molecule has 30 heavy (non-hydrogen) atoms. The summed E-state index contributed by atoms with van der Waals surface area (Å²) in [6.45, 7) is 6.28. The van der Waals surface area contributed by atoms with Crippen molar-refractivity contribution >= 4 is 17.6 Å². The molecule has 1 saturated carbocycles. The quantitative estimate of drug-likeness (QED) is 0.806. The van der Waals surface area contributed by atoms with E-state index in [9.17, 15) is 9.59 Å². The number of hydrogen-bond donors (Lipinski definition) is 1. The van der Waals surface area contributed by atoms with Crippen LogP contribution >= 0.6 is 0 Å². The molecule has 162 valence electrons. The number of carbonyl (C=O) groups excluding carboxylic acids is 2. The summed E-state index contributed by atoms with van der Waals surface area (Å²) < 4.78 is 5.32. The highest BCUT2D eigenvalue weighted by molar-refractivity contribution is 5.78. The summed E-state index contributed by atoms with van der Waals surface area (Å²) in [7, 11) is 0. The average molecular weight is 413 g/mol. The lowest BCUT2D eigenvalue weighted by Gasteiger charge is -2.48. The van der Waals surface area contributed by atoms with Gasteiger partial charge >= 0.3 is 6.03 Å². The Morgan fingerprint density at radius 3 is 2.43 bits per heavy atom. The molecule has 1 N–H and O–H groups in total. The fourth-order valence-corrected chi connectivity index (χ4v) is 5.29. The lowest BCUT2D eigenvalue weighted by atomic mass is 9.71. The minimum absolute atomic E-state index is 0.0743. The van der Waals surface area contributed by atoms with Gasteiger partial charge in [0.1, 0.15) is 6.61 Å². The number of nitrogens with one attached hydrogen (secondary N) is 1. The molecule has 5 aliphatic rings. The zero-order valence-corrected chi connectivity index (χ0v) is 17.6. The van der Waals surface area contributed by atoms with Gasteiger partial charge in [-0.2, -0.15) is 0 Å². The van der Waals surface area contributed by atoms with Gasteiger partial charge in [0, 0.05) is 64.0 Å². The van der Waals surface area contributed by atoms with Crippen molar-refractivity contribution in [2.45, 2.75) is 25.2 Å². The zero-order chi connectivity index (χ0) is 20.5. The van der Waals surface area contributed by atoms with Crippen LogP contribution in [0.5, 0.6) is 0 Å². The highest BCUT2D eigenvalue weighted by Gasteiger charge is 2.37. The lowest BCUT2D eigenvalue weighted by molar-refractivity contribution is -0.126. The molecular weight excluding hydrogens is 380 g/mol. The van der Waals surface area contributed by atoms with Crippen LogP contribution in [0, 0.1) is 11.8 Å². The fourth-order valence-electron chi connectivity index (χ4n) is 5.29. The summed E-state index contributed by atoms with van der Waals surface area (Å²) in [5.41, 5.74) is 2.67. The molecule has 1 aliphatic carbocycles. The second kappa shape index (κ2) is 8.46. The minimum Gasteiger partial charge on any atom is -0.372 e. The lowest BCUT2D eigenvalue weighted by Crippen LogP contribution is -2.55. The number of ether oxygens (including phenoxy) is 1. The maximum atomic E-state index is 12.9. The molecule has 1 aromatic rings. The molecule has 0 spiro atoms. The third-order valence-electron chi connectivity index (χ3n) is 7.10. The van der Waals surface area contributed by atoms with E-state index in [0.29, 0.717) is 32.2 Å². The molecule has 0 unspecified atom stereocenters. The molecule has 0 aromatic heterocycles. The van der Waals surface area contributed by atoms with Crippen molar-refractivity contribution < 1.29 is 14.3 Å². The first kappa shape index (κ1) is 19.7. The van der Waals surface area contributed by atoms with Crippen LogP contribution in [0.3, 0.4) is 0 Å². The van der Waals surface area contributed by atoms with Crippen molar-refractivity contribution in [1.82, 2.24) is 15.1 Å². The second-order valence-electron chi connectivity index (χ2n) is 9.33. The Kier molecular flexibility index (Phi) is 5.54. The first-order valence-corrected chi connectivity index (χ1v) is 11.4. The summed E-state index contributed by atoms with van der Waals surface area (Å²) in [5.74, 6) is 2.12. The van der Waals surface area contributed by atoms with Crippen LogP contribution < -0.4 is 10.2 Å². The van der Waals surface area contributed by atoms with Crippen LogP contribution in [0.15, 0.2) is 24.3 Å². The van der Waals surface area contributed by atoms with Gasteiger partial charge < -0.3 is 24.8 Å². The summed E-state index contributed by atoms with van der Waals surface area (Å²) in [6.07, 6.45) is 3.61. The number of likely N-dealkylation sites (tertiary alicyclic amines) is 1. The van der Waals surface area contributed by atoms with Crippen molar-refractivity contribution in [2.75, 3.05) is 63.9 Å². The van der Waals surface area contributed by atoms with Crippen molar-refractivity contribution in [3.8, 4) is 0 Å². The van der Waals surface area contributed by atoms with E-state index >= 15 is 0 Å². The maximum absolute atomic E-state index is 12.9. The summed E-state index contributed by atoms with van der Waals surface area (Å²) >= 11 is 0. The molecule has 4 heterocycles. The number of fused-ring (bicyclic) bond motifs is 2. The first-order valence-electron chi connectivity index (χ1n) is 11.4. The number of anilines is 1. The minimum atomic E-state index is -0.113. The smallest absolute Gasteiger partial charge is 0.320 e. The van der Waals surface area contributed by atoms with Gasteiger partial charge in [0.2, 0.25) is 5.91 Å². The van der Waals surface area contributed by atoms with E-state index in [1.54, 1.807) is 0 Å². The second-order valence-corrected chi connectivity index (χ2v) is 9.33. The molecule has 4 saturated heterocycles. The van der Waals surface area contributed by atoms with Gasteiger partial charge in [0.25, 0.3) is 0 Å². The van der Waals surface area contributed by atoms with Gasteiger partial charge in [-0.1, -0.05) is 12.1 Å². The Balaban J connectivity index is 1.12. The molecule has 7 nitrogen and oxygen atoms in total. The van der Waals surface area contributed by atoms with Gasteiger partial charge in [-0.15, -0.1) is 0 Å². The van der Waals surface area contributed by atoms with E-state index in [-0.39, 0.29) is 18.5 Å². The number of amides is 3. The Morgan fingerprint density at radius 2 is 1.70 bits per heavy atom. The van der Waals surface area contributed by atoms with E-state index in [2.05, 4.69) is 34.5 Å². The first-order chi connectivity index (χ1) is 14.7. The van der Waals surface area contributed by atoms with Crippen molar-refractivity contribution in [2.24, 2.45) is 11.8 Å². The summed E-state index contributed by atoms with van der Waals surface area (Å²) in [6, 6.07) is 9.10. The highest BCUT2D eigenvalue weighted by Crippen LogP contribution is 2.41. The van der Waals surface area contributed by atoms with Gasteiger partial charge in [0.15, 0.2) is 0 Å². The Labute approximate surface area is 178 Å². The predicted molar refractivity (Wildman–Crippen MR) is 115 cm³/mol. The number of carbonyl (C=O) groups is 2. The number of hydrogen-bond acceptors (Lipinski definition) is 4. The van der Waals surface area contributed by atoms with Gasteiger partial charge in [-0.05, 0) is 48.8 Å². The molecule has 7 heteroatoms. The van der Waals surface area contributed by atoms with Crippen LogP contribution in [0.4, 0.5) is 10.5 Å². The molecule has 3 amide bonds. The maximum Gasteiger partial charge on any atom is 0.320 e. The largest absolute Gasteiger partial charge is 0.372 e. The van der Waals surface area contributed by atoms with Gasteiger partial charge in [-0.3, -0.25) is 4.79 Å². The van der Waals surface area contributed by atoms with Gasteiger partial charge in [0.05, 0.1) is 0 Å². The van der Waals surface area contributed by atoms with Crippen LogP contribution in [0.1, 0.15) is 30.7 Å². The normalized spacial score (nSPS) is 27.7. The van der Waals surface area contributed by atoms with Crippen LogP contribution in [-0.2, 0) is 9.53 Å². The molecule has 6 rings (SSSR count). The predicted octanol–water partition coefficient (Wildman–Crippen LogP) is 1.89. The summed E-state index contributed by atoms with van der Waals surface area (Å²) in [5, 5.41) is 2.80. The molecule has 0 radical (unpaired) electrons. The summed E-state index contributed by atoms with van der Waals surface area (Å²) in [4.78, 5) is 30.8. The third-order valence-corrected chi connectivity index (χ3v) is 7.10. The van der Waals surface area contributed by atoms with Crippen LogP contribution in [0.25, 0.3) is 0 Å². The number of nitrogens with zero attached hydrogens (tertiary/aromatic N) is 3. The Bertz CT molecular complexity index is 761. The van der Waals surface area contributed by atoms with E-state index in [0.717, 1.165) is 31.3 Å². The molecule has 0 atom stereocenters. The third kappa shape index (κ3) is 4.13. The Hall–Kier alpha value is -2.28. The van der Waals surface area contributed by atoms with Crippen molar-refractivity contribution in [1.29, 1.82) is 0 Å². The van der Waals surface area contributed by atoms with E-state index in [1.165, 1.54) is 37.2 Å². The SMILES string of the molecule is O=C1COCCCN(C(=O)N2CC(c3ccc(N4CC5CC(C5)C4)cc3)C2)CCN1. The van der Waals surface area contributed by atoms with E-state index < -0.39 is 0 Å². The van der Waals surface area contributed by atoms with E-state index in [1.807, 2.05) is 9.80 Å². The zero-order valence-electron chi connectivity index (χ0n) is 17.6. The number of piperidine rings is 2. The molecule has 1 aromatic carbocycles. The fraction of sp³-hybridized carbons (Fsp3) is 0.652. The highest BCUT2D eigenvalue weighted by atomic mass is 16.5. The molecule has 4 aliphatic heterocycles. The van der Waals surface area contributed by atoms with Crippen molar-refractivity contribution in [3.63, 3.8) is 0 Å². The number of urea groups is 1. The standard InChI is InChI=1S/C23H32N4O3/c28-22-16-30-9-1-7-25(8-6-24-22)23(29)27-14-20(15-27)19-2-4-21(5-3-19)26-12-17-10-18(11-17)13-26/h2-5,17-18,20H,1,6-16H2,(H,24,28). The topological polar surface area (TPSA) is 65.1 Å². The van der Waals surface area contributed by atoms with Crippen LogP contribution in [0.2, 0.25) is 0 Å². The van der Waals surface area contributed by atoms with E-state index in [4.69, 9.17) is 4.74 Å². The molecular formula is C23H32N4O3. The van der Waals surface area contributed by atoms with Crippen molar-refractivity contribution in [3.05, 3.63) is 29.8 Å².